The molecule has 358 valence electrons. The fourth-order valence-corrected chi connectivity index (χ4v) is 6.78. The normalized spacial score (nSPS) is 17.6. The van der Waals surface area contributed by atoms with Crippen molar-refractivity contribution in [1.29, 1.82) is 0 Å². The molecule has 28 nitrogen and oxygen atoms in total. The Balaban J connectivity index is 1.70. The van der Waals surface area contributed by atoms with Crippen molar-refractivity contribution in [2.45, 2.75) is 114 Å². The molecule has 2 rings (SSSR count). The van der Waals surface area contributed by atoms with Crippen LogP contribution in [0.2, 0.25) is 0 Å². The lowest BCUT2D eigenvalue weighted by molar-refractivity contribution is -0.525. The van der Waals surface area contributed by atoms with Gasteiger partial charge in [-0.1, -0.05) is 23.7 Å². The Morgan fingerprint density at radius 2 is 1.03 bits per heavy atom. The second-order valence-electron chi connectivity index (χ2n) is 14.8. The van der Waals surface area contributed by atoms with Crippen LogP contribution < -0.4 is 43.6 Å². The van der Waals surface area contributed by atoms with Gasteiger partial charge in [0.25, 0.3) is 11.9 Å². The van der Waals surface area contributed by atoms with Gasteiger partial charge in [0.1, 0.15) is 24.2 Å². The van der Waals surface area contributed by atoms with Gasteiger partial charge in [0, 0.05) is 39.0 Å². The van der Waals surface area contributed by atoms with Gasteiger partial charge in [0.05, 0.1) is 27.3 Å². The summed E-state index contributed by atoms with van der Waals surface area (Å²) in [6.07, 6.45) is 4.85. The highest BCUT2D eigenvalue weighted by Crippen LogP contribution is 2.15. The van der Waals surface area contributed by atoms with Gasteiger partial charge in [-0.2, -0.15) is 0 Å². The van der Waals surface area contributed by atoms with E-state index < -0.39 is 81.7 Å². The second kappa shape index (κ2) is 28.7. The minimum absolute atomic E-state index is 0.0236. The number of nitrogens with one attached hydrogen (secondary N) is 6. The van der Waals surface area contributed by atoms with Gasteiger partial charge in [-0.05, 0) is 64.2 Å². The summed E-state index contributed by atoms with van der Waals surface area (Å²) in [5.74, 6) is -5.13. The van der Waals surface area contributed by atoms with Gasteiger partial charge in [-0.15, -0.1) is 0 Å². The summed E-state index contributed by atoms with van der Waals surface area (Å²) in [7, 11) is 2.29. The third-order valence-corrected chi connectivity index (χ3v) is 9.88. The lowest BCUT2D eigenvalue weighted by Crippen LogP contribution is -2.55. The molecule has 2 aliphatic rings. The quantitative estimate of drug-likeness (QED) is 0.00995. The first-order chi connectivity index (χ1) is 30.4. The summed E-state index contributed by atoms with van der Waals surface area (Å²) in [5, 5.41) is 29.6. The molecular weight excluding hydrogens is 852 g/mol. The number of hydrogen-bond donors (Lipinski definition) is 8. The Bertz CT molecular complexity index is 1610. The maximum Gasteiger partial charge on any atom is 0.328 e. The van der Waals surface area contributed by atoms with Crippen LogP contribution in [0.3, 0.4) is 0 Å². The summed E-state index contributed by atoms with van der Waals surface area (Å²) in [5.41, 5.74) is 14.1. The summed E-state index contributed by atoms with van der Waals surface area (Å²) < 4.78 is 9.50. The zero-order valence-corrected chi connectivity index (χ0v) is 36.0. The molecule has 0 radical (unpaired) electrons. The number of guanidine groups is 2. The van der Waals surface area contributed by atoms with Crippen LogP contribution in [0.25, 0.3) is 0 Å². The van der Waals surface area contributed by atoms with Crippen LogP contribution in [0.4, 0.5) is 0 Å². The van der Waals surface area contributed by atoms with Gasteiger partial charge in [0.2, 0.25) is 35.4 Å². The zero-order valence-electron chi connectivity index (χ0n) is 36.0. The molecule has 0 aromatic heterocycles. The van der Waals surface area contributed by atoms with Crippen LogP contribution in [0.1, 0.15) is 89.9 Å². The maximum absolute atomic E-state index is 13.1. The first-order valence-corrected chi connectivity index (χ1v) is 20.8. The lowest BCUT2D eigenvalue weighted by atomic mass is 10.0. The number of nitro groups is 2. The molecule has 0 aromatic rings. The molecular formula is C36H60N14O14. The topological polar surface area (TPSA) is 397 Å². The van der Waals surface area contributed by atoms with Crippen LogP contribution in [0, 0.1) is 20.2 Å². The van der Waals surface area contributed by atoms with E-state index in [1.165, 1.54) is 9.80 Å². The number of methoxy groups -OCH3 is 2. The van der Waals surface area contributed by atoms with E-state index in [2.05, 4.69) is 31.3 Å². The van der Waals surface area contributed by atoms with Crippen molar-refractivity contribution in [3.8, 4) is 0 Å². The smallest absolute Gasteiger partial charge is 0.328 e. The molecule has 0 aliphatic carbocycles. The van der Waals surface area contributed by atoms with E-state index in [1.54, 1.807) is 10.9 Å². The molecule has 4 atom stereocenters. The number of hydrogen-bond acceptors (Lipinski definition) is 16. The Labute approximate surface area is 368 Å². The highest BCUT2D eigenvalue weighted by molar-refractivity contribution is 5.93. The van der Waals surface area contributed by atoms with Crippen molar-refractivity contribution in [3.05, 3.63) is 20.2 Å². The lowest BCUT2D eigenvalue weighted by Gasteiger charge is -2.32. The highest BCUT2D eigenvalue weighted by Gasteiger charge is 2.33. The average molecular weight is 913 g/mol. The van der Waals surface area contributed by atoms with Crippen molar-refractivity contribution >= 4 is 59.3 Å². The fraction of sp³-hybridized carbons (Fsp3) is 0.722. The Morgan fingerprint density at radius 1 is 0.656 bits per heavy atom. The van der Waals surface area contributed by atoms with Crippen LogP contribution in [0.5, 0.6) is 0 Å². The van der Waals surface area contributed by atoms with Crippen molar-refractivity contribution in [3.63, 3.8) is 0 Å². The molecule has 2 unspecified atom stereocenters. The van der Waals surface area contributed by atoms with Crippen molar-refractivity contribution in [2.75, 3.05) is 53.5 Å². The fourth-order valence-electron chi connectivity index (χ4n) is 6.78. The number of carbonyl (C=O) groups is 8. The van der Waals surface area contributed by atoms with Gasteiger partial charge in [-0.25, -0.2) is 39.8 Å². The Kier molecular flexibility index (Phi) is 23.8. The van der Waals surface area contributed by atoms with E-state index in [4.69, 9.17) is 20.9 Å². The SMILES string of the molecule is COC(=O)[C@H](CCCN=C(N)N[N+](=O)[O-])NC(=O)CN1CCCC(NC(=O)CCCCCCC(=O)NC2CCCN(CC(=O)N[C@@H](CCCN=C(N)N[N+](=O)[O-])C(=O)OC)C2=O)C1=O. The van der Waals surface area contributed by atoms with Crippen LogP contribution >= 0.6 is 0 Å². The zero-order chi connectivity index (χ0) is 47.6. The molecule has 10 N–H and O–H groups in total. The summed E-state index contributed by atoms with van der Waals surface area (Å²) in [4.78, 5) is 133. The molecule has 2 aliphatic heterocycles. The predicted octanol–water partition coefficient (Wildman–Crippen LogP) is -3.39. The third-order valence-electron chi connectivity index (χ3n) is 9.88. The van der Waals surface area contributed by atoms with Gasteiger partial charge >= 0.3 is 11.9 Å². The second-order valence-corrected chi connectivity index (χ2v) is 14.8. The molecule has 28 heteroatoms. The van der Waals surface area contributed by atoms with Crippen LogP contribution in [-0.4, -0.2) is 157 Å². The molecule has 0 bridgehead atoms. The number of likely N-dealkylation sites (tertiary alicyclic amines) is 2. The van der Waals surface area contributed by atoms with E-state index in [-0.39, 0.29) is 89.6 Å². The standard InChI is InChI=1S/C36H60N14O14/c1-63-33(57)25(11-7-17-39-35(37)45-49(59)60)43-29(53)21-47-19-9-13-23(31(47)55)41-27(51)15-5-3-4-6-16-28(52)42-24-14-10-20-48(32(24)56)22-30(54)44-26(34(58)64-2)12-8-18-40-36(38)46-50(61)62/h23-26H,3-22H2,1-2H3,(H,41,51)(H,42,52)(H,43,53)(H,44,54)(H3,37,39,45)(H3,38,40,46)/t23?,24?,25-,26-/m0/s1. The van der Waals surface area contributed by atoms with E-state index >= 15 is 0 Å². The Hall–Kier alpha value is -6.90. The molecule has 2 heterocycles. The molecule has 6 amide bonds. The predicted molar refractivity (Wildman–Crippen MR) is 223 cm³/mol. The highest BCUT2D eigenvalue weighted by atomic mass is 16.7. The number of rotatable bonds is 27. The number of nitrogens with two attached hydrogens (primary N) is 2. The number of aliphatic imine (C=N–C) groups is 2. The van der Waals surface area contributed by atoms with Gasteiger partial charge in [0.15, 0.2) is 10.1 Å². The number of amides is 6. The van der Waals surface area contributed by atoms with Crippen LogP contribution in [0.15, 0.2) is 9.98 Å². The van der Waals surface area contributed by atoms with Gasteiger partial charge < -0.3 is 52.0 Å². The minimum atomic E-state index is -1.07. The number of unbranched alkanes of at least 4 members (excludes halogenated alkanes) is 3. The third kappa shape index (κ3) is 20.8. The minimum Gasteiger partial charge on any atom is -0.467 e. The maximum atomic E-state index is 13.1. The molecule has 0 spiro atoms. The van der Waals surface area contributed by atoms with Crippen molar-refractivity contribution in [2.24, 2.45) is 21.5 Å². The Morgan fingerprint density at radius 3 is 1.38 bits per heavy atom. The van der Waals surface area contributed by atoms with Crippen molar-refractivity contribution in [1.82, 2.24) is 41.9 Å². The monoisotopic (exact) mass is 912 g/mol. The van der Waals surface area contributed by atoms with E-state index in [0.29, 0.717) is 51.4 Å². The van der Waals surface area contributed by atoms with E-state index in [1.807, 2.05) is 0 Å². The molecule has 2 fully saturated rings. The number of esters is 2. The molecule has 0 saturated carbocycles. The van der Waals surface area contributed by atoms with Crippen LogP contribution in [-0.2, 0) is 47.8 Å². The summed E-state index contributed by atoms with van der Waals surface area (Å²) >= 11 is 0. The first kappa shape index (κ1) is 53.2. The number of nitrogens with zero attached hydrogens (tertiary/aromatic N) is 6. The number of hydrazine groups is 2. The van der Waals surface area contributed by atoms with Crippen molar-refractivity contribution < 1.29 is 57.9 Å². The average Bonchev–Trinajstić information content (AvgIpc) is 3.23. The first-order valence-electron chi connectivity index (χ1n) is 20.8. The number of ether oxygens (including phenoxy) is 2. The van der Waals surface area contributed by atoms with Gasteiger partial charge in [-0.3, -0.25) is 28.8 Å². The molecule has 2 saturated heterocycles. The number of carbonyl (C=O) groups excluding carboxylic acids is 8. The summed E-state index contributed by atoms with van der Waals surface area (Å²) in [6.45, 7) is -0.142. The molecule has 0 aromatic carbocycles. The number of piperidine rings is 2. The summed E-state index contributed by atoms with van der Waals surface area (Å²) in [6, 6.07) is -3.80. The van der Waals surface area contributed by atoms with E-state index in [9.17, 15) is 58.6 Å². The molecule has 64 heavy (non-hydrogen) atoms. The largest absolute Gasteiger partial charge is 0.467 e. The van der Waals surface area contributed by atoms with E-state index in [0.717, 1.165) is 14.2 Å².